The van der Waals surface area contributed by atoms with Crippen LogP contribution >= 0.6 is 0 Å². The minimum atomic E-state index is 0.194. The van der Waals surface area contributed by atoms with Gasteiger partial charge >= 0.3 is 0 Å². The van der Waals surface area contributed by atoms with Crippen molar-refractivity contribution in [3.8, 4) is 0 Å². The molecule has 0 radical (unpaired) electrons. The van der Waals surface area contributed by atoms with E-state index >= 15 is 0 Å². The number of hydrogen-bond acceptors (Lipinski definition) is 4. The Morgan fingerprint density at radius 1 is 1.53 bits per heavy atom. The molecule has 0 aliphatic carbocycles. The number of likely N-dealkylation sites (tertiary alicyclic amines) is 1. The average molecular weight is 262 g/mol. The quantitative estimate of drug-likeness (QED) is 0.870. The van der Waals surface area contributed by atoms with Gasteiger partial charge in [-0.05, 0) is 50.9 Å². The third-order valence-corrected chi connectivity index (χ3v) is 3.78. The predicted octanol–water partition coefficient (Wildman–Crippen LogP) is 1.36. The summed E-state index contributed by atoms with van der Waals surface area (Å²) in [6, 6.07) is 4.44. The summed E-state index contributed by atoms with van der Waals surface area (Å²) in [5.41, 5.74) is 7.02. The van der Waals surface area contributed by atoms with Gasteiger partial charge in [-0.1, -0.05) is 6.07 Å². The maximum Gasteiger partial charge on any atom is 0.128 e. The maximum absolute atomic E-state index is 5.80. The summed E-state index contributed by atoms with van der Waals surface area (Å²) in [5.74, 6) is 1.82. The molecule has 2 atom stereocenters. The van der Waals surface area contributed by atoms with Gasteiger partial charge in [-0.25, -0.2) is 4.98 Å². The van der Waals surface area contributed by atoms with Gasteiger partial charge < -0.3 is 15.5 Å². The monoisotopic (exact) mass is 262 g/mol. The molecule has 2 rings (SSSR count). The van der Waals surface area contributed by atoms with Crippen molar-refractivity contribution in [1.29, 1.82) is 0 Å². The Morgan fingerprint density at radius 2 is 2.32 bits per heavy atom. The number of rotatable bonds is 5. The lowest BCUT2D eigenvalue weighted by Crippen LogP contribution is -2.27. The smallest absolute Gasteiger partial charge is 0.128 e. The average Bonchev–Trinajstić information content (AvgIpc) is 2.75. The molecule has 1 aliphatic heterocycles. The van der Waals surface area contributed by atoms with Crippen molar-refractivity contribution in [2.45, 2.75) is 25.8 Å². The van der Waals surface area contributed by atoms with Crippen LogP contribution in [0.1, 0.15) is 18.9 Å². The van der Waals surface area contributed by atoms with Crippen LogP contribution in [0, 0.1) is 5.92 Å². The van der Waals surface area contributed by atoms with Gasteiger partial charge in [-0.2, -0.15) is 0 Å². The number of nitrogens with zero attached hydrogens (tertiary/aromatic N) is 3. The zero-order valence-electron chi connectivity index (χ0n) is 12.3. The van der Waals surface area contributed by atoms with Gasteiger partial charge in [0.05, 0.1) is 0 Å². The van der Waals surface area contributed by atoms with Gasteiger partial charge in [0.15, 0.2) is 0 Å². The Bertz CT molecular complexity index is 388. The second-order valence-electron chi connectivity index (χ2n) is 6.00. The van der Waals surface area contributed by atoms with Crippen LogP contribution in [0.15, 0.2) is 18.3 Å². The molecule has 0 amide bonds. The summed E-state index contributed by atoms with van der Waals surface area (Å²) in [4.78, 5) is 9.21. The molecular formula is C15H26N4. The van der Waals surface area contributed by atoms with Crippen LogP contribution in [-0.2, 0) is 6.42 Å². The van der Waals surface area contributed by atoms with Crippen molar-refractivity contribution in [2.75, 3.05) is 38.6 Å². The molecule has 1 aromatic heterocycles. The number of aromatic nitrogens is 1. The summed E-state index contributed by atoms with van der Waals surface area (Å²) >= 11 is 0. The van der Waals surface area contributed by atoms with Crippen molar-refractivity contribution in [2.24, 2.45) is 11.7 Å². The van der Waals surface area contributed by atoms with Crippen molar-refractivity contribution in [3.05, 3.63) is 23.9 Å². The van der Waals surface area contributed by atoms with Crippen LogP contribution in [0.4, 0.5) is 5.82 Å². The van der Waals surface area contributed by atoms with Gasteiger partial charge in [0.1, 0.15) is 5.82 Å². The van der Waals surface area contributed by atoms with E-state index in [-0.39, 0.29) is 6.04 Å². The highest BCUT2D eigenvalue weighted by Gasteiger charge is 2.21. The van der Waals surface area contributed by atoms with Gasteiger partial charge in [-0.15, -0.1) is 0 Å². The fraction of sp³-hybridized carbons (Fsp3) is 0.667. The molecule has 0 spiro atoms. The van der Waals surface area contributed by atoms with Gasteiger partial charge in [0.2, 0.25) is 0 Å². The van der Waals surface area contributed by atoms with E-state index in [0.717, 1.165) is 24.7 Å². The molecule has 2 N–H and O–H groups in total. The third kappa shape index (κ3) is 4.18. The molecule has 106 valence electrons. The van der Waals surface area contributed by atoms with E-state index in [2.05, 4.69) is 41.0 Å². The summed E-state index contributed by atoms with van der Waals surface area (Å²) in [5, 5.41) is 0. The molecule has 1 fully saturated rings. The van der Waals surface area contributed by atoms with Crippen molar-refractivity contribution >= 4 is 5.82 Å². The van der Waals surface area contributed by atoms with E-state index in [1.165, 1.54) is 25.1 Å². The Kier molecular flexibility index (Phi) is 4.77. The minimum absolute atomic E-state index is 0.194. The van der Waals surface area contributed by atoms with E-state index in [0.29, 0.717) is 0 Å². The largest absolute Gasteiger partial charge is 0.359 e. The highest BCUT2D eigenvalue weighted by atomic mass is 15.2. The molecule has 0 bridgehead atoms. The van der Waals surface area contributed by atoms with Gasteiger partial charge in [0, 0.05) is 32.4 Å². The second kappa shape index (κ2) is 6.35. The first kappa shape index (κ1) is 14.3. The van der Waals surface area contributed by atoms with Crippen LogP contribution in [0.2, 0.25) is 0 Å². The fourth-order valence-corrected chi connectivity index (χ4v) is 2.79. The molecule has 1 aliphatic rings. The first-order valence-corrected chi connectivity index (χ1v) is 7.15. The van der Waals surface area contributed by atoms with Crippen LogP contribution in [-0.4, -0.2) is 49.7 Å². The first-order chi connectivity index (χ1) is 9.04. The van der Waals surface area contributed by atoms with Crippen LogP contribution < -0.4 is 10.6 Å². The lowest BCUT2D eigenvalue weighted by molar-refractivity contribution is 0.395. The highest BCUT2D eigenvalue weighted by molar-refractivity contribution is 5.38. The molecule has 4 nitrogen and oxygen atoms in total. The van der Waals surface area contributed by atoms with Gasteiger partial charge in [-0.3, -0.25) is 0 Å². The third-order valence-electron chi connectivity index (χ3n) is 3.78. The molecule has 0 saturated carbocycles. The molecule has 2 unspecified atom stereocenters. The molecular weight excluding hydrogens is 236 g/mol. The Balaban J connectivity index is 1.90. The predicted molar refractivity (Wildman–Crippen MR) is 80.5 cm³/mol. The van der Waals surface area contributed by atoms with E-state index < -0.39 is 0 Å². The highest BCUT2D eigenvalue weighted by Crippen LogP contribution is 2.18. The molecule has 1 aromatic rings. The minimum Gasteiger partial charge on any atom is -0.359 e. The molecule has 0 aromatic carbocycles. The molecule has 2 heterocycles. The zero-order valence-corrected chi connectivity index (χ0v) is 12.3. The summed E-state index contributed by atoms with van der Waals surface area (Å²) < 4.78 is 0. The standard InChI is InChI=1S/C15H26N4/c1-12(16)8-13-4-5-15(17-9-13)19(3)11-14-6-7-18(2)10-14/h4-5,9,12,14H,6-8,10-11,16H2,1-3H3. The lowest BCUT2D eigenvalue weighted by Gasteiger charge is -2.22. The number of nitrogens with two attached hydrogens (primary N) is 1. The van der Waals surface area contributed by atoms with E-state index in [1.54, 1.807) is 0 Å². The summed E-state index contributed by atoms with van der Waals surface area (Å²) in [7, 11) is 4.33. The van der Waals surface area contributed by atoms with E-state index in [1.807, 2.05) is 13.1 Å². The second-order valence-corrected chi connectivity index (χ2v) is 6.00. The van der Waals surface area contributed by atoms with Gasteiger partial charge in [0.25, 0.3) is 0 Å². The van der Waals surface area contributed by atoms with E-state index in [9.17, 15) is 0 Å². The molecule has 1 saturated heterocycles. The Hall–Kier alpha value is -1.13. The number of anilines is 1. The fourth-order valence-electron chi connectivity index (χ4n) is 2.79. The summed E-state index contributed by atoms with van der Waals surface area (Å²) in [6.45, 7) is 5.53. The normalized spacial score (nSPS) is 21.6. The van der Waals surface area contributed by atoms with Crippen LogP contribution in [0.5, 0.6) is 0 Å². The molecule has 4 heteroatoms. The number of hydrogen-bond donors (Lipinski definition) is 1. The van der Waals surface area contributed by atoms with Crippen LogP contribution in [0.25, 0.3) is 0 Å². The Labute approximate surface area is 116 Å². The number of pyridine rings is 1. The van der Waals surface area contributed by atoms with Crippen molar-refractivity contribution < 1.29 is 0 Å². The van der Waals surface area contributed by atoms with Crippen molar-refractivity contribution in [1.82, 2.24) is 9.88 Å². The lowest BCUT2D eigenvalue weighted by atomic mass is 10.1. The van der Waals surface area contributed by atoms with Crippen molar-refractivity contribution in [3.63, 3.8) is 0 Å². The summed E-state index contributed by atoms with van der Waals surface area (Å²) in [6.07, 6.45) is 4.14. The topological polar surface area (TPSA) is 45.4 Å². The van der Waals surface area contributed by atoms with E-state index in [4.69, 9.17) is 5.73 Å². The van der Waals surface area contributed by atoms with Crippen LogP contribution in [0.3, 0.4) is 0 Å². The zero-order chi connectivity index (χ0) is 13.8. The SMILES string of the molecule is CC(N)Cc1ccc(N(C)CC2CCN(C)C2)nc1. The maximum atomic E-state index is 5.80. The first-order valence-electron chi connectivity index (χ1n) is 7.15. The Morgan fingerprint density at radius 3 is 2.84 bits per heavy atom. The molecule has 19 heavy (non-hydrogen) atoms.